The lowest BCUT2D eigenvalue weighted by molar-refractivity contribution is 0.540. The molecule has 1 aliphatic rings. The Hall–Kier alpha value is -1.49. The van der Waals surface area contributed by atoms with Crippen LogP contribution in [0.1, 0.15) is 24.4 Å². The summed E-state index contributed by atoms with van der Waals surface area (Å²) in [6.07, 6.45) is 1.82. The summed E-state index contributed by atoms with van der Waals surface area (Å²) in [4.78, 5) is 4.30. The quantitative estimate of drug-likeness (QED) is 0.766. The van der Waals surface area contributed by atoms with E-state index in [1.54, 1.807) is 0 Å². The molecule has 5 nitrogen and oxygen atoms in total. The standard InChI is InChI=1S/C11H15N5/c1-7-4-12-5-9(7)11-15-14-10-3-8(2)13-6-16(10)11/h3,6-7,9,12H,4-5H2,1-2H3. The predicted octanol–water partition coefficient (Wildman–Crippen LogP) is 0.756. The molecule has 5 heteroatoms. The number of aryl methyl sites for hydroxylation is 1. The molecule has 16 heavy (non-hydrogen) atoms. The van der Waals surface area contributed by atoms with Crippen molar-refractivity contribution in [1.29, 1.82) is 0 Å². The zero-order chi connectivity index (χ0) is 11.1. The summed E-state index contributed by atoms with van der Waals surface area (Å²) in [7, 11) is 0. The zero-order valence-corrected chi connectivity index (χ0v) is 9.51. The van der Waals surface area contributed by atoms with Crippen LogP contribution in [0.15, 0.2) is 12.4 Å². The van der Waals surface area contributed by atoms with Crippen molar-refractivity contribution in [1.82, 2.24) is 24.9 Å². The van der Waals surface area contributed by atoms with Crippen molar-refractivity contribution in [3.05, 3.63) is 23.9 Å². The molecule has 1 N–H and O–H groups in total. The summed E-state index contributed by atoms with van der Waals surface area (Å²) in [5.41, 5.74) is 1.87. The minimum Gasteiger partial charge on any atom is -0.316 e. The fourth-order valence-corrected chi connectivity index (χ4v) is 2.31. The molecule has 0 spiro atoms. The zero-order valence-electron chi connectivity index (χ0n) is 9.51. The van der Waals surface area contributed by atoms with Crippen molar-refractivity contribution in [2.75, 3.05) is 13.1 Å². The van der Waals surface area contributed by atoms with Gasteiger partial charge >= 0.3 is 0 Å². The minimum absolute atomic E-state index is 0.444. The monoisotopic (exact) mass is 217 g/mol. The molecule has 3 rings (SSSR count). The van der Waals surface area contributed by atoms with E-state index in [0.29, 0.717) is 11.8 Å². The molecule has 1 aliphatic heterocycles. The molecule has 3 heterocycles. The molecule has 2 aromatic rings. The third-order valence-corrected chi connectivity index (χ3v) is 3.31. The van der Waals surface area contributed by atoms with Crippen molar-refractivity contribution in [2.24, 2.45) is 5.92 Å². The van der Waals surface area contributed by atoms with Gasteiger partial charge in [0.25, 0.3) is 0 Å². The number of aromatic nitrogens is 4. The third-order valence-electron chi connectivity index (χ3n) is 3.31. The van der Waals surface area contributed by atoms with Gasteiger partial charge in [-0.15, -0.1) is 10.2 Å². The van der Waals surface area contributed by atoms with E-state index in [1.165, 1.54) is 0 Å². The van der Waals surface area contributed by atoms with Crippen LogP contribution in [0.4, 0.5) is 0 Å². The van der Waals surface area contributed by atoms with E-state index in [0.717, 1.165) is 30.3 Å². The molecule has 0 amide bonds. The van der Waals surface area contributed by atoms with Crippen LogP contribution in [-0.4, -0.2) is 32.7 Å². The summed E-state index contributed by atoms with van der Waals surface area (Å²) in [6.45, 7) is 6.25. The fourth-order valence-electron chi connectivity index (χ4n) is 2.31. The van der Waals surface area contributed by atoms with Crippen molar-refractivity contribution in [3.8, 4) is 0 Å². The second-order valence-corrected chi connectivity index (χ2v) is 4.56. The maximum absolute atomic E-state index is 4.30. The van der Waals surface area contributed by atoms with Crippen LogP contribution in [0.5, 0.6) is 0 Å². The summed E-state index contributed by atoms with van der Waals surface area (Å²) in [5, 5.41) is 11.9. The summed E-state index contributed by atoms with van der Waals surface area (Å²) >= 11 is 0. The maximum Gasteiger partial charge on any atom is 0.163 e. The fraction of sp³-hybridized carbons (Fsp3) is 0.545. The first-order valence-corrected chi connectivity index (χ1v) is 5.63. The van der Waals surface area contributed by atoms with Gasteiger partial charge in [-0.3, -0.25) is 4.40 Å². The van der Waals surface area contributed by atoms with Gasteiger partial charge in [-0.25, -0.2) is 4.98 Å². The molecule has 2 unspecified atom stereocenters. The molecule has 2 aromatic heterocycles. The molecule has 0 bridgehead atoms. The predicted molar refractivity (Wildman–Crippen MR) is 60.3 cm³/mol. The van der Waals surface area contributed by atoms with Gasteiger partial charge in [0.2, 0.25) is 0 Å². The number of rotatable bonds is 1. The van der Waals surface area contributed by atoms with E-state index in [1.807, 2.05) is 23.7 Å². The summed E-state index contributed by atoms with van der Waals surface area (Å²) < 4.78 is 2.00. The van der Waals surface area contributed by atoms with Crippen LogP contribution in [0.2, 0.25) is 0 Å². The topological polar surface area (TPSA) is 55.1 Å². The minimum atomic E-state index is 0.444. The molecule has 0 aliphatic carbocycles. The van der Waals surface area contributed by atoms with Crippen LogP contribution < -0.4 is 5.32 Å². The van der Waals surface area contributed by atoms with E-state index >= 15 is 0 Å². The molecule has 1 saturated heterocycles. The van der Waals surface area contributed by atoms with E-state index < -0.39 is 0 Å². The molecule has 0 radical (unpaired) electrons. The molecular weight excluding hydrogens is 202 g/mol. The molecule has 2 atom stereocenters. The van der Waals surface area contributed by atoms with Gasteiger partial charge in [-0.05, 0) is 19.4 Å². The van der Waals surface area contributed by atoms with Crippen LogP contribution in [-0.2, 0) is 0 Å². The second-order valence-electron chi connectivity index (χ2n) is 4.56. The largest absolute Gasteiger partial charge is 0.316 e. The van der Waals surface area contributed by atoms with Crippen molar-refractivity contribution in [2.45, 2.75) is 19.8 Å². The van der Waals surface area contributed by atoms with Crippen LogP contribution >= 0.6 is 0 Å². The Morgan fingerprint density at radius 2 is 2.25 bits per heavy atom. The van der Waals surface area contributed by atoms with Gasteiger partial charge in [0, 0.05) is 24.2 Å². The highest BCUT2D eigenvalue weighted by Crippen LogP contribution is 2.26. The Kier molecular flexibility index (Phi) is 2.14. The highest BCUT2D eigenvalue weighted by Gasteiger charge is 2.28. The van der Waals surface area contributed by atoms with Gasteiger partial charge in [0.05, 0.1) is 0 Å². The average Bonchev–Trinajstić information content (AvgIpc) is 2.83. The van der Waals surface area contributed by atoms with E-state index in [4.69, 9.17) is 0 Å². The third kappa shape index (κ3) is 1.39. The Labute approximate surface area is 93.9 Å². The van der Waals surface area contributed by atoms with Gasteiger partial charge in [0.15, 0.2) is 5.65 Å². The van der Waals surface area contributed by atoms with Crippen LogP contribution in [0.25, 0.3) is 5.65 Å². The molecule has 1 fully saturated rings. The van der Waals surface area contributed by atoms with Crippen molar-refractivity contribution in [3.63, 3.8) is 0 Å². The molecular formula is C11H15N5. The summed E-state index contributed by atoms with van der Waals surface area (Å²) in [6, 6.07) is 1.96. The van der Waals surface area contributed by atoms with E-state index in [2.05, 4.69) is 27.4 Å². The van der Waals surface area contributed by atoms with Gasteiger partial charge in [-0.2, -0.15) is 0 Å². The smallest absolute Gasteiger partial charge is 0.163 e. The second kappa shape index (κ2) is 3.52. The Morgan fingerprint density at radius 1 is 1.38 bits per heavy atom. The lowest BCUT2D eigenvalue weighted by Gasteiger charge is -2.11. The SMILES string of the molecule is Cc1cc2nnc(C3CNCC3C)n2cn1. The van der Waals surface area contributed by atoms with E-state index in [9.17, 15) is 0 Å². The highest BCUT2D eigenvalue weighted by atomic mass is 15.3. The van der Waals surface area contributed by atoms with Crippen molar-refractivity contribution < 1.29 is 0 Å². The summed E-state index contributed by atoms with van der Waals surface area (Å²) in [5.74, 6) is 2.08. The molecule has 0 aromatic carbocycles. The normalized spacial score (nSPS) is 25.4. The average molecular weight is 217 g/mol. The first-order valence-electron chi connectivity index (χ1n) is 5.63. The van der Waals surface area contributed by atoms with Gasteiger partial charge < -0.3 is 5.32 Å². The Bertz CT molecular complexity index is 518. The lowest BCUT2D eigenvalue weighted by Crippen LogP contribution is -2.12. The Balaban J connectivity index is 2.10. The van der Waals surface area contributed by atoms with E-state index in [-0.39, 0.29) is 0 Å². The maximum atomic E-state index is 4.30. The number of nitrogens with one attached hydrogen (secondary N) is 1. The highest BCUT2D eigenvalue weighted by molar-refractivity contribution is 5.38. The Morgan fingerprint density at radius 3 is 3.00 bits per heavy atom. The lowest BCUT2D eigenvalue weighted by atomic mass is 9.97. The van der Waals surface area contributed by atoms with Crippen LogP contribution in [0, 0.1) is 12.8 Å². The first kappa shape index (κ1) is 9.72. The number of fused-ring (bicyclic) bond motifs is 1. The number of hydrogen-bond donors (Lipinski definition) is 1. The number of nitrogens with zero attached hydrogens (tertiary/aromatic N) is 4. The first-order chi connectivity index (χ1) is 7.75. The van der Waals surface area contributed by atoms with Gasteiger partial charge in [-0.1, -0.05) is 6.92 Å². The number of hydrogen-bond acceptors (Lipinski definition) is 4. The van der Waals surface area contributed by atoms with Gasteiger partial charge in [0.1, 0.15) is 12.2 Å². The van der Waals surface area contributed by atoms with Crippen molar-refractivity contribution >= 4 is 5.65 Å². The van der Waals surface area contributed by atoms with Crippen LogP contribution in [0.3, 0.4) is 0 Å². The molecule has 0 saturated carbocycles. The molecule has 84 valence electrons.